The van der Waals surface area contributed by atoms with Gasteiger partial charge in [0.2, 0.25) is 0 Å². The van der Waals surface area contributed by atoms with Gasteiger partial charge in [0.15, 0.2) is 5.96 Å². The van der Waals surface area contributed by atoms with Crippen LogP contribution in [0.25, 0.3) is 0 Å². The van der Waals surface area contributed by atoms with Crippen LogP contribution in [0.5, 0.6) is 0 Å². The molecule has 0 saturated carbocycles. The van der Waals surface area contributed by atoms with Gasteiger partial charge in [-0.2, -0.15) is 0 Å². The van der Waals surface area contributed by atoms with Gasteiger partial charge in [0.1, 0.15) is 0 Å². The first-order chi connectivity index (χ1) is 11.8. The highest BCUT2D eigenvalue weighted by molar-refractivity contribution is 14.0. The van der Waals surface area contributed by atoms with E-state index in [1.54, 1.807) is 7.11 Å². The van der Waals surface area contributed by atoms with Crippen molar-refractivity contribution in [2.24, 2.45) is 10.9 Å². The van der Waals surface area contributed by atoms with E-state index in [9.17, 15) is 0 Å². The van der Waals surface area contributed by atoms with Crippen LogP contribution in [0, 0.1) is 5.92 Å². The first-order valence-electron chi connectivity index (χ1n) is 9.49. The molecule has 0 aromatic carbocycles. The molecular weight excluding hydrogens is 433 g/mol. The minimum atomic E-state index is 0. The number of ether oxygens (including phenoxy) is 3. The fraction of sp³-hybridized carbons (Fsp3) is 0.944. The molecule has 7 heteroatoms. The largest absolute Gasteiger partial charge is 0.382 e. The molecule has 1 atom stereocenters. The van der Waals surface area contributed by atoms with Gasteiger partial charge < -0.3 is 24.4 Å². The Balaban J connectivity index is 0.00000576. The Bertz CT molecular complexity index is 333. The number of nitrogens with zero attached hydrogens (tertiary/aromatic N) is 2. The molecule has 150 valence electrons. The van der Waals surface area contributed by atoms with E-state index in [4.69, 9.17) is 19.2 Å². The maximum atomic E-state index is 5.66. The van der Waals surface area contributed by atoms with Crippen molar-refractivity contribution in [2.45, 2.75) is 39.5 Å². The van der Waals surface area contributed by atoms with Gasteiger partial charge in [-0.25, -0.2) is 0 Å². The van der Waals surface area contributed by atoms with Crippen molar-refractivity contribution >= 4 is 29.9 Å². The molecule has 0 amide bonds. The van der Waals surface area contributed by atoms with Crippen LogP contribution in [0.3, 0.4) is 0 Å². The van der Waals surface area contributed by atoms with Crippen LogP contribution in [0.2, 0.25) is 0 Å². The minimum absolute atomic E-state index is 0. The number of nitrogens with one attached hydrogen (secondary N) is 1. The maximum Gasteiger partial charge on any atom is 0.193 e. The fourth-order valence-corrected chi connectivity index (χ4v) is 2.68. The van der Waals surface area contributed by atoms with Crippen LogP contribution in [-0.2, 0) is 14.2 Å². The van der Waals surface area contributed by atoms with Crippen molar-refractivity contribution in [3.8, 4) is 0 Å². The molecule has 0 radical (unpaired) electrons. The number of rotatable bonds is 13. The molecule has 1 unspecified atom stereocenters. The number of guanidine groups is 1. The van der Waals surface area contributed by atoms with Gasteiger partial charge in [0.05, 0.1) is 19.8 Å². The van der Waals surface area contributed by atoms with E-state index >= 15 is 0 Å². The van der Waals surface area contributed by atoms with Crippen LogP contribution < -0.4 is 5.32 Å². The van der Waals surface area contributed by atoms with Crippen LogP contribution in [0.1, 0.15) is 39.5 Å². The second kappa shape index (κ2) is 17.3. The summed E-state index contributed by atoms with van der Waals surface area (Å²) in [6.45, 7) is 11.9. The molecule has 1 aliphatic heterocycles. The lowest BCUT2D eigenvalue weighted by Gasteiger charge is -2.21. The smallest absolute Gasteiger partial charge is 0.193 e. The SMILES string of the molecule is CCCCOCCCN=C(NCC)N1CCC(COCCOC)C1.I. The Labute approximate surface area is 171 Å². The summed E-state index contributed by atoms with van der Waals surface area (Å²) < 4.78 is 16.3. The molecular formula is C18H38IN3O3. The predicted octanol–water partition coefficient (Wildman–Crippen LogP) is 2.76. The number of halogens is 1. The summed E-state index contributed by atoms with van der Waals surface area (Å²) >= 11 is 0. The quantitative estimate of drug-likeness (QED) is 0.194. The molecule has 25 heavy (non-hydrogen) atoms. The Morgan fingerprint density at radius 3 is 2.64 bits per heavy atom. The number of methoxy groups -OCH3 is 1. The summed E-state index contributed by atoms with van der Waals surface area (Å²) in [5.74, 6) is 1.62. The average molecular weight is 471 g/mol. The first kappa shape index (κ1) is 24.9. The second-order valence-corrected chi connectivity index (χ2v) is 6.22. The van der Waals surface area contributed by atoms with Gasteiger partial charge in [0, 0.05) is 52.4 Å². The van der Waals surface area contributed by atoms with Crippen molar-refractivity contribution in [3.63, 3.8) is 0 Å². The summed E-state index contributed by atoms with van der Waals surface area (Å²) in [6, 6.07) is 0. The Morgan fingerprint density at radius 1 is 1.12 bits per heavy atom. The van der Waals surface area contributed by atoms with Crippen molar-refractivity contribution in [2.75, 3.05) is 66.3 Å². The average Bonchev–Trinajstić information content (AvgIpc) is 3.06. The minimum Gasteiger partial charge on any atom is -0.382 e. The van der Waals surface area contributed by atoms with Gasteiger partial charge in [-0.1, -0.05) is 13.3 Å². The summed E-state index contributed by atoms with van der Waals surface area (Å²) in [6.07, 6.45) is 4.48. The monoisotopic (exact) mass is 471 g/mol. The van der Waals surface area contributed by atoms with E-state index in [2.05, 4.69) is 24.1 Å². The number of aliphatic imine (C=N–C) groups is 1. The first-order valence-corrected chi connectivity index (χ1v) is 9.49. The molecule has 0 aliphatic carbocycles. The normalized spacial score (nSPS) is 17.6. The third-order valence-corrected chi connectivity index (χ3v) is 4.06. The molecule has 0 aromatic heterocycles. The van der Waals surface area contributed by atoms with Crippen LogP contribution in [-0.4, -0.2) is 77.2 Å². The number of hydrogen-bond acceptors (Lipinski definition) is 4. The molecule has 6 nitrogen and oxygen atoms in total. The molecule has 1 aliphatic rings. The number of unbranched alkanes of at least 4 members (excludes halogenated alkanes) is 1. The lowest BCUT2D eigenvalue weighted by Crippen LogP contribution is -2.40. The van der Waals surface area contributed by atoms with Crippen molar-refractivity contribution in [3.05, 3.63) is 0 Å². The summed E-state index contributed by atoms with van der Waals surface area (Å²) in [5, 5.41) is 3.41. The van der Waals surface area contributed by atoms with Gasteiger partial charge in [-0.3, -0.25) is 4.99 Å². The van der Waals surface area contributed by atoms with Crippen molar-refractivity contribution in [1.82, 2.24) is 10.2 Å². The zero-order chi connectivity index (χ0) is 17.5. The molecule has 1 saturated heterocycles. The molecule has 0 aromatic rings. The van der Waals surface area contributed by atoms with Crippen LogP contribution in [0.4, 0.5) is 0 Å². The molecule has 1 fully saturated rings. The predicted molar refractivity (Wildman–Crippen MR) is 114 cm³/mol. The van der Waals surface area contributed by atoms with E-state index in [1.807, 2.05) is 0 Å². The summed E-state index contributed by atoms with van der Waals surface area (Å²) in [7, 11) is 1.70. The van der Waals surface area contributed by atoms with Crippen LogP contribution in [0.15, 0.2) is 4.99 Å². The summed E-state index contributed by atoms with van der Waals surface area (Å²) in [5.41, 5.74) is 0. The third kappa shape index (κ3) is 12.0. The molecule has 0 spiro atoms. The Hall–Kier alpha value is -0.120. The van der Waals surface area contributed by atoms with E-state index < -0.39 is 0 Å². The topological polar surface area (TPSA) is 55.3 Å². The van der Waals surface area contributed by atoms with Crippen LogP contribution >= 0.6 is 24.0 Å². The van der Waals surface area contributed by atoms with Crippen molar-refractivity contribution < 1.29 is 14.2 Å². The lowest BCUT2D eigenvalue weighted by molar-refractivity contribution is 0.0536. The van der Waals surface area contributed by atoms with Gasteiger partial charge in [0.25, 0.3) is 0 Å². The number of likely N-dealkylation sites (tertiary alicyclic amines) is 1. The van der Waals surface area contributed by atoms with Gasteiger partial charge >= 0.3 is 0 Å². The number of hydrogen-bond donors (Lipinski definition) is 1. The summed E-state index contributed by atoms with van der Waals surface area (Å²) in [4.78, 5) is 7.10. The Kier molecular flexibility index (Phi) is 17.2. The van der Waals surface area contributed by atoms with Gasteiger partial charge in [-0.05, 0) is 26.2 Å². The third-order valence-electron chi connectivity index (χ3n) is 4.06. The molecule has 1 heterocycles. The fourth-order valence-electron chi connectivity index (χ4n) is 2.68. The highest BCUT2D eigenvalue weighted by Gasteiger charge is 2.24. The molecule has 0 bridgehead atoms. The zero-order valence-electron chi connectivity index (χ0n) is 16.3. The van der Waals surface area contributed by atoms with E-state index in [0.717, 1.165) is 71.2 Å². The molecule has 1 N–H and O–H groups in total. The van der Waals surface area contributed by atoms with E-state index in [1.165, 1.54) is 6.42 Å². The Morgan fingerprint density at radius 2 is 1.92 bits per heavy atom. The van der Waals surface area contributed by atoms with E-state index in [0.29, 0.717) is 19.1 Å². The van der Waals surface area contributed by atoms with E-state index in [-0.39, 0.29) is 24.0 Å². The maximum absolute atomic E-state index is 5.66. The standard InChI is InChI=1S/C18H37N3O3.HI/c1-4-6-11-23-12-7-9-20-18(19-5-2)21-10-8-17(15-21)16-24-14-13-22-3;/h17H,4-16H2,1-3H3,(H,19,20);1H. The van der Waals surface area contributed by atoms with Gasteiger partial charge in [-0.15, -0.1) is 24.0 Å². The zero-order valence-corrected chi connectivity index (χ0v) is 18.6. The highest BCUT2D eigenvalue weighted by atomic mass is 127. The molecule has 1 rings (SSSR count). The van der Waals surface area contributed by atoms with Crippen molar-refractivity contribution in [1.29, 1.82) is 0 Å². The second-order valence-electron chi connectivity index (χ2n) is 6.22. The highest BCUT2D eigenvalue weighted by Crippen LogP contribution is 2.16. The lowest BCUT2D eigenvalue weighted by atomic mass is 10.1.